The van der Waals surface area contributed by atoms with Gasteiger partial charge in [-0.1, -0.05) is 12.1 Å². The van der Waals surface area contributed by atoms with E-state index in [4.69, 9.17) is 0 Å². The van der Waals surface area contributed by atoms with Crippen LogP contribution < -0.4 is 5.32 Å². The number of nitrogens with one attached hydrogen (secondary N) is 3. The second kappa shape index (κ2) is 9.60. The third kappa shape index (κ3) is 4.55. The molecular weight excluding hydrogens is 481 g/mol. The van der Waals surface area contributed by atoms with E-state index >= 15 is 0 Å². The first-order chi connectivity index (χ1) is 18.4. The molecule has 6 rings (SSSR count). The van der Waals surface area contributed by atoms with E-state index in [0.717, 1.165) is 68.7 Å². The summed E-state index contributed by atoms with van der Waals surface area (Å²) in [5, 5.41) is 22.4. The van der Waals surface area contributed by atoms with Gasteiger partial charge in [-0.25, -0.2) is 9.37 Å². The minimum Gasteiger partial charge on any atom is -0.506 e. The molecule has 38 heavy (non-hydrogen) atoms. The minimum absolute atomic E-state index is 0.0894. The number of halogens is 1. The van der Waals surface area contributed by atoms with Crippen LogP contribution in [-0.4, -0.2) is 62.3 Å². The fraction of sp³-hybridized carbons (Fsp3) is 0.138. The Morgan fingerprint density at radius 1 is 0.947 bits per heavy atom. The van der Waals surface area contributed by atoms with Gasteiger partial charge >= 0.3 is 0 Å². The van der Waals surface area contributed by atoms with E-state index in [-0.39, 0.29) is 11.6 Å². The number of benzene rings is 2. The average Bonchev–Trinajstić information content (AvgIpc) is 3.51. The highest BCUT2D eigenvalue weighted by Crippen LogP contribution is 2.36. The van der Waals surface area contributed by atoms with Crippen molar-refractivity contribution in [2.45, 2.75) is 0 Å². The first kappa shape index (κ1) is 23.6. The van der Waals surface area contributed by atoms with Gasteiger partial charge in [0, 0.05) is 58.6 Å². The standard InChI is InChI=1S/C29H26FN7O/c1-37(2)7-6-32-21-9-17(8-20(30)12-21)23-4-3-5-26-24(23)13-27(34-26)28-25-11-19(15-33-29(25)36-35-28)18-10-22(38)16-31-14-18/h3-5,8-16,32,34,38H,6-7H2,1-2H3,(H,33,35,36). The Kier molecular flexibility index (Phi) is 5.97. The summed E-state index contributed by atoms with van der Waals surface area (Å²) in [6.45, 7) is 1.56. The lowest BCUT2D eigenvalue weighted by atomic mass is 10.0. The molecule has 2 aromatic carbocycles. The fourth-order valence-corrected chi connectivity index (χ4v) is 4.66. The van der Waals surface area contributed by atoms with Crippen molar-refractivity contribution < 1.29 is 9.50 Å². The van der Waals surface area contributed by atoms with Crippen molar-refractivity contribution in [3.8, 4) is 39.4 Å². The van der Waals surface area contributed by atoms with Gasteiger partial charge in [0.2, 0.25) is 0 Å². The smallest absolute Gasteiger partial charge is 0.181 e. The van der Waals surface area contributed by atoms with E-state index in [9.17, 15) is 9.50 Å². The molecule has 4 aromatic heterocycles. The van der Waals surface area contributed by atoms with Crippen molar-refractivity contribution in [1.29, 1.82) is 0 Å². The number of hydrogen-bond donors (Lipinski definition) is 4. The Morgan fingerprint density at radius 2 is 1.82 bits per heavy atom. The molecule has 4 N–H and O–H groups in total. The Balaban J connectivity index is 1.40. The van der Waals surface area contributed by atoms with Gasteiger partial charge in [-0.15, -0.1) is 0 Å². The van der Waals surface area contributed by atoms with Crippen LogP contribution in [0.25, 0.3) is 55.6 Å². The third-order valence-corrected chi connectivity index (χ3v) is 6.50. The van der Waals surface area contributed by atoms with Gasteiger partial charge in [0.05, 0.1) is 17.6 Å². The lowest BCUT2D eigenvalue weighted by Gasteiger charge is -2.13. The van der Waals surface area contributed by atoms with Crippen LogP contribution in [0.5, 0.6) is 5.75 Å². The highest BCUT2D eigenvalue weighted by molar-refractivity contribution is 6.01. The van der Waals surface area contributed by atoms with Crippen molar-refractivity contribution in [2.75, 3.05) is 32.5 Å². The Labute approximate surface area is 218 Å². The highest BCUT2D eigenvalue weighted by Gasteiger charge is 2.15. The van der Waals surface area contributed by atoms with Crippen LogP contribution >= 0.6 is 0 Å². The van der Waals surface area contributed by atoms with Crippen molar-refractivity contribution in [1.82, 2.24) is 30.0 Å². The van der Waals surface area contributed by atoms with Crippen molar-refractivity contribution in [3.05, 3.63) is 79.0 Å². The first-order valence-electron chi connectivity index (χ1n) is 12.2. The Hall–Kier alpha value is -4.76. The number of nitrogens with zero attached hydrogens (tertiary/aromatic N) is 4. The predicted molar refractivity (Wildman–Crippen MR) is 149 cm³/mol. The monoisotopic (exact) mass is 507 g/mol. The summed E-state index contributed by atoms with van der Waals surface area (Å²) >= 11 is 0. The van der Waals surface area contributed by atoms with E-state index < -0.39 is 0 Å². The molecular formula is C29H26FN7O. The lowest BCUT2D eigenvalue weighted by Crippen LogP contribution is -2.20. The normalized spacial score (nSPS) is 11.6. The Morgan fingerprint density at radius 3 is 2.66 bits per heavy atom. The van der Waals surface area contributed by atoms with Gasteiger partial charge in [0.15, 0.2) is 5.65 Å². The van der Waals surface area contributed by atoms with Crippen LogP contribution in [0.2, 0.25) is 0 Å². The molecule has 0 saturated carbocycles. The zero-order valence-electron chi connectivity index (χ0n) is 21.0. The highest BCUT2D eigenvalue weighted by atomic mass is 19.1. The van der Waals surface area contributed by atoms with Crippen molar-refractivity contribution in [2.24, 2.45) is 0 Å². The van der Waals surface area contributed by atoms with Crippen LogP contribution in [0.3, 0.4) is 0 Å². The summed E-state index contributed by atoms with van der Waals surface area (Å²) in [5.41, 5.74) is 7.16. The first-order valence-corrected chi connectivity index (χ1v) is 12.2. The van der Waals surface area contributed by atoms with Crippen LogP contribution in [0.4, 0.5) is 10.1 Å². The van der Waals surface area contributed by atoms with E-state index in [0.29, 0.717) is 5.65 Å². The summed E-state index contributed by atoms with van der Waals surface area (Å²) in [4.78, 5) is 14.1. The van der Waals surface area contributed by atoms with Crippen molar-refractivity contribution in [3.63, 3.8) is 0 Å². The largest absolute Gasteiger partial charge is 0.506 e. The molecule has 0 amide bonds. The van der Waals surface area contributed by atoms with Gasteiger partial charge in [-0.3, -0.25) is 10.1 Å². The van der Waals surface area contributed by atoms with Gasteiger partial charge in [0.25, 0.3) is 0 Å². The molecule has 0 unspecified atom stereocenters. The lowest BCUT2D eigenvalue weighted by molar-refractivity contribution is 0.425. The quantitative estimate of drug-likeness (QED) is 0.222. The fourth-order valence-electron chi connectivity index (χ4n) is 4.66. The third-order valence-electron chi connectivity index (χ3n) is 6.50. The molecule has 0 spiro atoms. The number of aromatic amines is 2. The number of likely N-dealkylation sites (N-methyl/N-ethyl adjacent to an activating group) is 1. The second-order valence-corrected chi connectivity index (χ2v) is 9.53. The molecule has 4 heterocycles. The van der Waals surface area contributed by atoms with Crippen LogP contribution in [0, 0.1) is 5.82 Å². The number of aromatic hydroxyl groups is 1. The number of pyridine rings is 2. The van der Waals surface area contributed by atoms with Gasteiger partial charge in [-0.2, -0.15) is 5.10 Å². The maximum absolute atomic E-state index is 14.6. The maximum Gasteiger partial charge on any atom is 0.181 e. The second-order valence-electron chi connectivity index (χ2n) is 9.53. The molecule has 0 radical (unpaired) electrons. The van der Waals surface area contributed by atoms with Crippen molar-refractivity contribution >= 4 is 27.6 Å². The minimum atomic E-state index is -0.290. The molecule has 190 valence electrons. The molecule has 9 heteroatoms. The van der Waals surface area contributed by atoms with Gasteiger partial charge in [-0.05, 0) is 67.7 Å². The van der Waals surface area contributed by atoms with Gasteiger partial charge in [0.1, 0.15) is 11.6 Å². The van der Waals surface area contributed by atoms with E-state index in [1.54, 1.807) is 24.5 Å². The SMILES string of the molecule is CN(C)CCNc1cc(F)cc(-c2cccc3[nH]c(-c4[nH]nc5ncc(-c6cncc(O)c6)cc45)cc23)c1. The molecule has 0 bridgehead atoms. The Bertz CT molecular complexity index is 1770. The number of anilines is 1. The number of rotatable bonds is 7. The molecule has 0 aliphatic heterocycles. The average molecular weight is 508 g/mol. The van der Waals surface area contributed by atoms with E-state index in [2.05, 4.69) is 35.4 Å². The molecule has 0 aliphatic rings. The molecule has 6 aromatic rings. The maximum atomic E-state index is 14.6. The zero-order chi connectivity index (χ0) is 26.2. The number of H-pyrrole nitrogens is 2. The molecule has 8 nitrogen and oxygen atoms in total. The topological polar surface area (TPSA) is 106 Å². The van der Waals surface area contributed by atoms with Gasteiger partial charge < -0.3 is 20.3 Å². The van der Waals surface area contributed by atoms with E-state index in [1.165, 1.54) is 12.3 Å². The molecule has 0 fully saturated rings. The summed E-state index contributed by atoms with van der Waals surface area (Å²) in [7, 11) is 4.01. The molecule has 0 saturated heterocycles. The van der Waals surface area contributed by atoms with Crippen LogP contribution in [0.1, 0.15) is 0 Å². The van der Waals surface area contributed by atoms with Crippen LogP contribution in [-0.2, 0) is 0 Å². The number of hydrogen-bond acceptors (Lipinski definition) is 6. The van der Waals surface area contributed by atoms with E-state index in [1.807, 2.05) is 50.5 Å². The summed E-state index contributed by atoms with van der Waals surface area (Å²) in [5.74, 6) is -0.200. The summed E-state index contributed by atoms with van der Waals surface area (Å²) in [6, 6.07) is 16.7. The van der Waals surface area contributed by atoms with Crippen LogP contribution in [0.15, 0.2) is 73.2 Å². The molecule has 0 atom stereocenters. The summed E-state index contributed by atoms with van der Waals surface area (Å²) in [6.07, 6.45) is 4.78. The molecule has 0 aliphatic carbocycles. The summed E-state index contributed by atoms with van der Waals surface area (Å²) < 4.78 is 14.6. The predicted octanol–water partition coefficient (Wildman–Crippen LogP) is 5.65. The number of fused-ring (bicyclic) bond motifs is 2. The number of aromatic nitrogens is 5. The zero-order valence-corrected chi connectivity index (χ0v) is 21.0.